The smallest absolute Gasteiger partial charge is 0.240 e. The van der Waals surface area contributed by atoms with Gasteiger partial charge in [0.2, 0.25) is 5.91 Å². The van der Waals surface area contributed by atoms with E-state index in [4.69, 9.17) is 0 Å². The molecular weight excluding hydrogens is 485 g/mol. The number of amides is 1. The number of carbonyl (C=O) groups is 1. The van der Waals surface area contributed by atoms with Crippen molar-refractivity contribution in [3.8, 4) is 0 Å². The highest BCUT2D eigenvalue weighted by Crippen LogP contribution is 2.28. The van der Waals surface area contributed by atoms with Gasteiger partial charge in [0.05, 0.1) is 0 Å². The summed E-state index contributed by atoms with van der Waals surface area (Å²) in [5.74, 6) is 0.117. The number of nitrogens with one attached hydrogen (secondary N) is 1. The molecule has 0 aliphatic heterocycles. The van der Waals surface area contributed by atoms with E-state index in [2.05, 4.69) is 59.3 Å². The molecule has 4 nitrogen and oxygen atoms in total. The van der Waals surface area contributed by atoms with Gasteiger partial charge in [0.1, 0.15) is 13.6 Å². The first kappa shape index (κ1) is 22.5. The van der Waals surface area contributed by atoms with E-state index in [1.807, 2.05) is 30.1 Å². The van der Waals surface area contributed by atoms with E-state index in [1.54, 1.807) is 0 Å². The second-order valence-electron chi connectivity index (χ2n) is 8.14. The lowest BCUT2D eigenvalue weighted by Gasteiger charge is -2.23. The summed E-state index contributed by atoms with van der Waals surface area (Å²) in [5, 5.41) is 4.44. The van der Waals surface area contributed by atoms with E-state index in [1.165, 1.54) is 30.2 Å². The molecule has 0 saturated heterocycles. The van der Waals surface area contributed by atoms with E-state index in [-0.39, 0.29) is 29.9 Å². The van der Waals surface area contributed by atoms with E-state index >= 15 is 0 Å². The minimum atomic E-state index is 0. The van der Waals surface area contributed by atoms with Crippen molar-refractivity contribution in [3.63, 3.8) is 0 Å². The number of carbonyl (C=O) groups excluding carboxylic acids is 1. The van der Waals surface area contributed by atoms with Crippen molar-refractivity contribution < 1.29 is 33.3 Å². The summed E-state index contributed by atoms with van der Waals surface area (Å²) in [6.45, 7) is 2.48. The number of halogens is 1. The first-order valence-electron chi connectivity index (χ1n) is 10.6. The predicted octanol–water partition coefficient (Wildman–Crippen LogP) is 1.40. The molecule has 5 heteroatoms. The molecule has 0 bridgehead atoms. The Labute approximate surface area is 196 Å². The Bertz CT molecular complexity index is 1030. The second-order valence-corrected chi connectivity index (χ2v) is 8.14. The SMILES string of the molecule is Cc1c(/C=C/c2cc[n+](C)cc2)c2ccccc2n1CC(=O)NC1CCCCC1.[I-]. The summed E-state index contributed by atoms with van der Waals surface area (Å²) in [6, 6.07) is 12.9. The Balaban J connectivity index is 0.00000256. The van der Waals surface area contributed by atoms with E-state index in [0.717, 1.165) is 29.6 Å². The average Bonchev–Trinajstić information content (AvgIpc) is 2.99. The first-order chi connectivity index (χ1) is 14.1. The standard InChI is InChI=1S/C25H29N3O.HI/c1-19-22(13-12-20-14-16-27(2)17-15-20)23-10-6-7-11-24(23)28(19)18-25(29)26-21-8-4-3-5-9-21;/h6-7,10-17,21H,3-5,8-9,18H2,1-2H3;1H. The first-order valence-corrected chi connectivity index (χ1v) is 10.6. The van der Waals surface area contributed by atoms with Crippen LogP contribution in [0.2, 0.25) is 0 Å². The molecule has 3 aromatic rings. The van der Waals surface area contributed by atoms with Crippen LogP contribution in [0.3, 0.4) is 0 Å². The van der Waals surface area contributed by atoms with Crippen molar-refractivity contribution in [2.75, 3.05) is 0 Å². The number of fused-ring (bicyclic) bond motifs is 1. The third-order valence-electron chi connectivity index (χ3n) is 6.00. The van der Waals surface area contributed by atoms with Gasteiger partial charge in [-0.15, -0.1) is 0 Å². The number of para-hydroxylation sites is 1. The minimum Gasteiger partial charge on any atom is -1.00 e. The predicted molar refractivity (Wildman–Crippen MR) is 118 cm³/mol. The molecule has 1 aliphatic carbocycles. The van der Waals surface area contributed by atoms with Crippen LogP contribution in [0.1, 0.15) is 48.9 Å². The number of hydrogen-bond acceptors (Lipinski definition) is 1. The van der Waals surface area contributed by atoms with Crippen molar-refractivity contribution in [2.45, 2.75) is 51.6 Å². The molecule has 1 aromatic carbocycles. The maximum atomic E-state index is 12.7. The Kier molecular flexibility index (Phi) is 7.69. The molecule has 4 rings (SSSR count). The molecule has 0 unspecified atom stereocenters. The van der Waals surface area contributed by atoms with Gasteiger partial charge in [0, 0.05) is 40.3 Å². The van der Waals surface area contributed by atoms with Gasteiger partial charge in [-0.05, 0) is 31.4 Å². The van der Waals surface area contributed by atoms with E-state index < -0.39 is 0 Å². The molecule has 30 heavy (non-hydrogen) atoms. The lowest BCUT2D eigenvalue weighted by Crippen LogP contribution is -3.00. The van der Waals surface area contributed by atoms with Gasteiger partial charge in [0.15, 0.2) is 12.4 Å². The van der Waals surface area contributed by atoms with Crippen molar-refractivity contribution in [3.05, 3.63) is 65.6 Å². The van der Waals surface area contributed by atoms with Crippen LogP contribution in [0.4, 0.5) is 0 Å². The van der Waals surface area contributed by atoms with Crippen molar-refractivity contribution in [2.24, 2.45) is 7.05 Å². The summed E-state index contributed by atoms with van der Waals surface area (Å²) in [5.41, 5.74) is 4.58. The molecule has 1 N–H and O–H groups in total. The van der Waals surface area contributed by atoms with Crippen LogP contribution >= 0.6 is 0 Å². The third kappa shape index (κ3) is 5.12. The number of pyridine rings is 1. The fraction of sp³-hybridized carbons (Fsp3) is 0.360. The number of nitrogens with zero attached hydrogens (tertiary/aromatic N) is 2. The Morgan fingerprint density at radius 3 is 2.53 bits per heavy atom. The quantitative estimate of drug-likeness (QED) is 0.405. The molecular formula is C25H30IN3O. The molecule has 2 aromatic heterocycles. The molecule has 2 heterocycles. The topological polar surface area (TPSA) is 37.9 Å². The minimum absolute atomic E-state index is 0. The van der Waals surface area contributed by atoms with Crippen LogP contribution in [-0.2, 0) is 18.4 Å². The highest BCUT2D eigenvalue weighted by molar-refractivity contribution is 5.94. The number of rotatable bonds is 5. The van der Waals surface area contributed by atoms with Crippen LogP contribution in [0.15, 0.2) is 48.8 Å². The highest BCUT2D eigenvalue weighted by Gasteiger charge is 2.18. The van der Waals surface area contributed by atoms with Crippen LogP contribution < -0.4 is 33.9 Å². The molecule has 0 atom stereocenters. The van der Waals surface area contributed by atoms with Crippen molar-refractivity contribution in [1.29, 1.82) is 0 Å². The lowest BCUT2D eigenvalue weighted by atomic mass is 9.95. The van der Waals surface area contributed by atoms with E-state index in [0.29, 0.717) is 12.6 Å². The number of aryl methyl sites for hydroxylation is 1. The van der Waals surface area contributed by atoms with Crippen molar-refractivity contribution >= 4 is 29.0 Å². The summed E-state index contributed by atoms with van der Waals surface area (Å²) < 4.78 is 4.18. The molecule has 1 amide bonds. The summed E-state index contributed by atoms with van der Waals surface area (Å²) in [6.07, 6.45) is 14.4. The zero-order valence-electron chi connectivity index (χ0n) is 17.8. The molecule has 1 saturated carbocycles. The fourth-order valence-corrected chi connectivity index (χ4v) is 4.34. The molecule has 158 valence electrons. The van der Waals surface area contributed by atoms with Gasteiger partial charge < -0.3 is 33.9 Å². The van der Waals surface area contributed by atoms with Gasteiger partial charge in [-0.25, -0.2) is 4.57 Å². The zero-order chi connectivity index (χ0) is 20.2. The lowest BCUT2D eigenvalue weighted by molar-refractivity contribution is -0.671. The van der Waals surface area contributed by atoms with Crippen molar-refractivity contribution in [1.82, 2.24) is 9.88 Å². The average molecular weight is 515 g/mol. The van der Waals surface area contributed by atoms with Crippen LogP contribution in [0.5, 0.6) is 0 Å². The van der Waals surface area contributed by atoms with Gasteiger partial charge in [0.25, 0.3) is 0 Å². The molecule has 0 spiro atoms. The number of aromatic nitrogens is 2. The van der Waals surface area contributed by atoms with Crippen LogP contribution in [0, 0.1) is 6.92 Å². The van der Waals surface area contributed by atoms with Gasteiger partial charge in [-0.1, -0.05) is 49.6 Å². The Hall–Kier alpha value is -2.15. The monoisotopic (exact) mass is 515 g/mol. The summed E-state index contributed by atoms with van der Waals surface area (Å²) in [4.78, 5) is 12.7. The highest BCUT2D eigenvalue weighted by atomic mass is 127. The third-order valence-corrected chi connectivity index (χ3v) is 6.00. The normalized spacial score (nSPS) is 14.7. The van der Waals surface area contributed by atoms with Crippen LogP contribution in [0.25, 0.3) is 23.1 Å². The summed E-state index contributed by atoms with van der Waals surface area (Å²) in [7, 11) is 2.02. The summed E-state index contributed by atoms with van der Waals surface area (Å²) >= 11 is 0. The number of hydrogen-bond donors (Lipinski definition) is 1. The zero-order valence-corrected chi connectivity index (χ0v) is 19.9. The Morgan fingerprint density at radius 1 is 1.10 bits per heavy atom. The molecule has 0 radical (unpaired) electrons. The second kappa shape index (κ2) is 10.2. The maximum Gasteiger partial charge on any atom is 0.240 e. The van der Waals surface area contributed by atoms with Crippen LogP contribution in [-0.4, -0.2) is 16.5 Å². The maximum absolute atomic E-state index is 12.7. The van der Waals surface area contributed by atoms with E-state index in [9.17, 15) is 4.79 Å². The Morgan fingerprint density at radius 2 is 1.80 bits per heavy atom. The largest absolute Gasteiger partial charge is 1.00 e. The molecule has 1 fully saturated rings. The molecule has 1 aliphatic rings. The van der Waals surface area contributed by atoms with Gasteiger partial charge >= 0.3 is 0 Å². The van der Waals surface area contributed by atoms with Gasteiger partial charge in [-0.3, -0.25) is 4.79 Å². The number of benzene rings is 1. The fourth-order valence-electron chi connectivity index (χ4n) is 4.34. The van der Waals surface area contributed by atoms with Gasteiger partial charge in [-0.2, -0.15) is 0 Å².